The van der Waals surface area contributed by atoms with Gasteiger partial charge in [-0.25, -0.2) is 4.98 Å². The van der Waals surface area contributed by atoms with Gasteiger partial charge in [-0.3, -0.25) is 10.1 Å². The quantitative estimate of drug-likeness (QED) is 0.549. The van der Waals surface area contributed by atoms with Crippen molar-refractivity contribution in [3.63, 3.8) is 0 Å². The molecule has 1 aromatic carbocycles. The van der Waals surface area contributed by atoms with E-state index in [9.17, 15) is 10.1 Å². The maximum Gasteiger partial charge on any atom is 0.289 e. The van der Waals surface area contributed by atoms with Crippen molar-refractivity contribution in [2.45, 2.75) is 31.3 Å². The summed E-state index contributed by atoms with van der Waals surface area (Å²) in [5.74, 6) is 0.447. The molecule has 1 saturated heterocycles. The molecule has 1 fully saturated rings. The molecular weight excluding hydrogens is 368 g/mol. The first kappa shape index (κ1) is 19.5. The standard InChI is InChI=1S/C19H23ClN4O3/c1-14(15-5-3-2-4-6-15)23-19(7-9-27-10-8-19)13-22-18-17(20)11-16(12-21-18)24(25)26/h2-6,11-12,14,23H,7-10,13H2,1H3,(H,21,22). The number of rotatable bonds is 7. The number of benzene rings is 1. The number of anilines is 1. The van der Waals surface area contributed by atoms with Gasteiger partial charge in [0.15, 0.2) is 0 Å². The average molecular weight is 391 g/mol. The van der Waals surface area contributed by atoms with Crippen LogP contribution in [0.15, 0.2) is 42.6 Å². The summed E-state index contributed by atoms with van der Waals surface area (Å²) in [6, 6.07) is 11.8. The molecule has 0 spiro atoms. The minimum absolute atomic E-state index is 0.123. The summed E-state index contributed by atoms with van der Waals surface area (Å²) in [6.07, 6.45) is 2.91. The first-order chi connectivity index (χ1) is 13.0. The molecule has 7 nitrogen and oxygen atoms in total. The number of nitrogens with one attached hydrogen (secondary N) is 2. The topological polar surface area (TPSA) is 89.3 Å². The van der Waals surface area contributed by atoms with Gasteiger partial charge in [0.2, 0.25) is 0 Å². The van der Waals surface area contributed by atoms with Crippen molar-refractivity contribution in [3.05, 3.63) is 63.3 Å². The second-order valence-electron chi connectivity index (χ2n) is 6.80. The van der Waals surface area contributed by atoms with Crippen LogP contribution in [0.1, 0.15) is 31.4 Å². The highest BCUT2D eigenvalue weighted by Gasteiger charge is 2.34. The second kappa shape index (κ2) is 8.65. The summed E-state index contributed by atoms with van der Waals surface area (Å²) in [4.78, 5) is 14.4. The fourth-order valence-electron chi connectivity index (χ4n) is 3.33. The van der Waals surface area contributed by atoms with Crippen LogP contribution in [0.25, 0.3) is 0 Å². The average Bonchev–Trinajstić information content (AvgIpc) is 2.68. The Morgan fingerprint density at radius 1 is 1.33 bits per heavy atom. The Balaban J connectivity index is 1.72. The van der Waals surface area contributed by atoms with E-state index < -0.39 is 4.92 Å². The number of pyridine rings is 1. The maximum atomic E-state index is 10.8. The predicted octanol–water partition coefficient (Wildman–Crippen LogP) is 3.96. The summed E-state index contributed by atoms with van der Waals surface area (Å²) in [5.41, 5.74) is 0.914. The van der Waals surface area contributed by atoms with E-state index in [4.69, 9.17) is 16.3 Å². The van der Waals surface area contributed by atoms with Gasteiger partial charge in [-0.1, -0.05) is 41.9 Å². The third kappa shape index (κ3) is 4.94. The van der Waals surface area contributed by atoms with Crippen molar-refractivity contribution in [1.82, 2.24) is 10.3 Å². The Bertz CT molecular complexity index is 782. The molecule has 2 N–H and O–H groups in total. The molecule has 0 saturated carbocycles. The molecule has 27 heavy (non-hydrogen) atoms. The van der Waals surface area contributed by atoms with E-state index in [1.54, 1.807) is 0 Å². The lowest BCUT2D eigenvalue weighted by molar-refractivity contribution is -0.385. The molecule has 1 aromatic heterocycles. The van der Waals surface area contributed by atoms with Crippen LogP contribution in [0.3, 0.4) is 0 Å². The molecule has 1 aliphatic heterocycles. The van der Waals surface area contributed by atoms with Crippen LogP contribution < -0.4 is 10.6 Å². The largest absolute Gasteiger partial charge is 0.381 e. The van der Waals surface area contributed by atoms with Crippen molar-refractivity contribution in [3.8, 4) is 0 Å². The molecule has 144 valence electrons. The van der Waals surface area contributed by atoms with E-state index in [0.29, 0.717) is 25.6 Å². The Labute approximate surface area is 163 Å². The van der Waals surface area contributed by atoms with Crippen molar-refractivity contribution in [1.29, 1.82) is 0 Å². The summed E-state index contributed by atoms with van der Waals surface area (Å²) >= 11 is 6.16. The minimum Gasteiger partial charge on any atom is -0.381 e. The molecule has 1 atom stereocenters. The molecule has 2 heterocycles. The van der Waals surface area contributed by atoms with E-state index in [2.05, 4.69) is 34.7 Å². The molecule has 0 amide bonds. The Kier molecular flexibility index (Phi) is 6.26. The highest BCUT2D eigenvalue weighted by molar-refractivity contribution is 6.33. The Morgan fingerprint density at radius 3 is 2.67 bits per heavy atom. The fourth-order valence-corrected chi connectivity index (χ4v) is 3.56. The van der Waals surface area contributed by atoms with Gasteiger partial charge < -0.3 is 15.4 Å². The Hall–Kier alpha value is -2.22. The van der Waals surface area contributed by atoms with Crippen LogP contribution in [0.4, 0.5) is 11.5 Å². The van der Waals surface area contributed by atoms with Crippen LogP contribution in [-0.4, -0.2) is 35.2 Å². The molecule has 0 aliphatic carbocycles. The number of nitrogens with zero attached hydrogens (tertiary/aromatic N) is 2. The van der Waals surface area contributed by atoms with E-state index in [0.717, 1.165) is 12.8 Å². The zero-order valence-electron chi connectivity index (χ0n) is 15.2. The zero-order valence-corrected chi connectivity index (χ0v) is 15.9. The predicted molar refractivity (Wildman–Crippen MR) is 105 cm³/mol. The van der Waals surface area contributed by atoms with Gasteiger partial charge in [0, 0.05) is 37.4 Å². The van der Waals surface area contributed by atoms with Gasteiger partial charge in [0.1, 0.15) is 12.0 Å². The molecule has 0 radical (unpaired) electrons. The van der Waals surface area contributed by atoms with Crippen molar-refractivity contribution < 1.29 is 9.66 Å². The van der Waals surface area contributed by atoms with E-state index in [1.165, 1.54) is 17.8 Å². The highest BCUT2D eigenvalue weighted by atomic mass is 35.5. The summed E-state index contributed by atoms with van der Waals surface area (Å²) < 4.78 is 5.55. The van der Waals surface area contributed by atoms with Crippen LogP contribution in [0.2, 0.25) is 5.02 Å². The fraction of sp³-hybridized carbons (Fsp3) is 0.421. The van der Waals surface area contributed by atoms with E-state index in [-0.39, 0.29) is 22.3 Å². The van der Waals surface area contributed by atoms with Gasteiger partial charge in [0.25, 0.3) is 5.69 Å². The lowest BCUT2D eigenvalue weighted by atomic mass is 9.88. The number of hydrogen-bond donors (Lipinski definition) is 2. The Morgan fingerprint density at radius 2 is 2.04 bits per heavy atom. The molecular formula is C19H23ClN4O3. The number of nitro groups is 1. The van der Waals surface area contributed by atoms with Crippen LogP contribution in [0, 0.1) is 10.1 Å². The number of aromatic nitrogens is 1. The molecule has 1 aliphatic rings. The van der Waals surface area contributed by atoms with Crippen molar-refractivity contribution >= 4 is 23.1 Å². The lowest BCUT2D eigenvalue weighted by Crippen LogP contribution is -2.54. The van der Waals surface area contributed by atoms with Crippen LogP contribution >= 0.6 is 11.6 Å². The monoisotopic (exact) mass is 390 g/mol. The SMILES string of the molecule is CC(NC1(CNc2ncc([N+](=O)[O-])cc2Cl)CCOCC1)c1ccccc1. The van der Waals surface area contributed by atoms with Crippen LogP contribution in [0.5, 0.6) is 0 Å². The number of halogens is 1. The summed E-state index contributed by atoms with van der Waals surface area (Å²) in [7, 11) is 0. The molecule has 8 heteroatoms. The maximum absolute atomic E-state index is 10.8. The molecule has 3 rings (SSSR count). The van der Waals surface area contributed by atoms with Gasteiger partial charge in [0.05, 0.1) is 9.95 Å². The third-order valence-electron chi connectivity index (χ3n) is 4.90. The highest BCUT2D eigenvalue weighted by Crippen LogP contribution is 2.28. The van der Waals surface area contributed by atoms with Gasteiger partial charge in [-0.15, -0.1) is 0 Å². The molecule has 0 bridgehead atoms. The summed E-state index contributed by atoms with van der Waals surface area (Å²) in [6.45, 7) is 4.09. The smallest absolute Gasteiger partial charge is 0.289 e. The molecule has 2 aromatic rings. The van der Waals surface area contributed by atoms with Crippen molar-refractivity contribution in [2.75, 3.05) is 25.1 Å². The van der Waals surface area contributed by atoms with E-state index >= 15 is 0 Å². The number of hydrogen-bond acceptors (Lipinski definition) is 6. The first-order valence-electron chi connectivity index (χ1n) is 8.93. The third-order valence-corrected chi connectivity index (χ3v) is 5.19. The zero-order chi connectivity index (χ0) is 19.3. The number of ether oxygens (including phenoxy) is 1. The summed E-state index contributed by atoms with van der Waals surface area (Å²) in [5, 5.41) is 18.1. The minimum atomic E-state index is -0.508. The molecule has 1 unspecified atom stereocenters. The van der Waals surface area contributed by atoms with Crippen molar-refractivity contribution in [2.24, 2.45) is 0 Å². The van der Waals surface area contributed by atoms with Gasteiger partial charge in [-0.2, -0.15) is 0 Å². The first-order valence-corrected chi connectivity index (χ1v) is 9.31. The van der Waals surface area contributed by atoms with Gasteiger partial charge >= 0.3 is 0 Å². The van der Waals surface area contributed by atoms with E-state index in [1.807, 2.05) is 18.2 Å². The second-order valence-corrected chi connectivity index (χ2v) is 7.21. The lowest BCUT2D eigenvalue weighted by Gasteiger charge is -2.40. The normalized spacial score (nSPS) is 17.3. The van der Waals surface area contributed by atoms with Gasteiger partial charge in [-0.05, 0) is 25.3 Å². The van der Waals surface area contributed by atoms with Crippen LogP contribution in [-0.2, 0) is 4.74 Å².